The van der Waals surface area contributed by atoms with Gasteiger partial charge in [0.25, 0.3) is 0 Å². The van der Waals surface area contributed by atoms with Crippen LogP contribution in [0, 0.1) is 11.9 Å². The van der Waals surface area contributed by atoms with Crippen molar-refractivity contribution in [3.05, 3.63) is 24.3 Å². The number of ether oxygens (including phenoxy) is 1. The van der Waals surface area contributed by atoms with Gasteiger partial charge in [-0.25, -0.2) is 4.98 Å². The van der Waals surface area contributed by atoms with Gasteiger partial charge in [0.1, 0.15) is 0 Å². The highest BCUT2D eigenvalue weighted by molar-refractivity contribution is 5.93. The molecule has 3 N–H and O–H groups in total. The lowest BCUT2D eigenvalue weighted by molar-refractivity contribution is -0.120. The predicted octanol–water partition coefficient (Wildman–Crippen LogP) is 0.133. The fraction of sp³-hybridized carbons (Fsp3) is 0.400. The molecule has 0 aliphatic carbocycles. The third kappa shape index (κ3) is 2.34. The number of nitrogens with two attached hydrogens (primary N) is 1. The first-order chi connectivity index (χ1) is 7.66. The van der Waals surface area contributed by atoms with Gasteiger partial charge < -0.3 is 15.8 Å². The highest BCUT2D eigenvalue weighted by Gasteiger charge is 2.31. The third-order valence-electron chi connectivity index (χ3n) is 2.46. The van der Waals surface area contributed by atoms with E-state index in [4.69, 9.17) is 10.5 Å². The SMILES string of the molecule is NC1COCC1C(=O)Nc1ccc(F)nc1. The van der Waals surface area contributed by atoms with Gasteiger partial charge in [-0.15, -0.1) is 0 Å². The summed E-state index contributed by atoms with van der Waals surface area (Å²) >= 11 is 0. The molecule has 2 rings (SSSR count). The number of rotatable bonds is 2. The van der Waals surface area contributed by atoms with Crippen LogP contribution in [0.5, 0.6) is 0 Å². The number of aromatic nitrogens is 1. The molecule has 0 bridgehead atoms. The second-order valence-corrected chi connectivity index (χ2v) is 3.67. The van der Waals surface area contributed by atoms with Crippen LogP contribution >= 0.6 is 0 Å². The first-order valence-electron chi connectivity index (χ1n) is 4.92. The molecule has 1 aliphatic rings. The van der Waals surface area contributed by atoms with Crippen LogP contribution in [-0.4, -0.2) is 30.1 Å². The van der Waals surface area contributed by atoms with Crippen LogP contribution in [0.15, 0.2) is 18.3 Å². The molecule has 0 radical (unpaired) electrons. The Morgan fingerprint density at radius 2 is 2.38 bits per heavy atom. The Morgan fingerprint density at radius 3 is 2.94 bits per heavy atom. The highest BCUT2D eigenvalue weighted by atomic mass is 19.1. The number of pyridine rings is 1. The maximum atomic E-state index is 12.5. The molecule has 16 heavy (non-hydrogen) atoms. The zero-order chi connectivity index (χ0) is 11.5. The highest BCUT2D eigenvalue weighted by Crippen LogP contribution is 2.14. The normalized spacial score (nSPS) is 24.4. The van der Waals surface area contributed by atoms with Gasteiger partial charge in [0.05, 0.1) is 31.0 Å². The van der Waals surface area contributed by atoms with Crippen LogP contribution in [-0.2, 0) is 9.53 Å². The zero-order valence-electron chi connectivity index (χ0n) is 8.52. The van der Waals surface area contributed by atoms with Crippen molar-refractivity contribution in [3.63, 3.8) is 0 Å². The van der Waals surface area contributed by atoms with Crippen LogP contribution in [0.2, 0.25) is 0 Å². The average molecular weight is 225 g/mol. The van der Waals surface area contributed by atoms with Gasteiger partial charge in [0.2, 0.25) is 11.9 Å². The van der Waals surface area contributed by atoms with Crippen molar-refractivity contribution in [2.45, 2.75) is 6.04 Å². The Kier molecular flexibility index (Phi) is 3.12. The van der Waals surface area contributed by atoms with Crippen LogP contribution in [0.3, 0.4) is 0 Å². The number of nitrogens with zero attached hydrogens (tertiary/aromatic N) is 1. The Balaban J connectivity index is 1.99. The van der Waals surface area contributed by atoms with E-state index in [1.807, 2.05) is 0 Å². The molecule has 2 heterocycles. The first-order valence-corrected chi connectivity index (χ1v) is 4.92. The second kappa shape index (κ2) is 4.54. The van der Waals surface area contributed by atoms with Crippen LogP contribution in [0.1, 0.15) is 0 Å². The molecule has 0 aromatic carbocycles. The fourth-order valence-electron chi connectivity index (χ4n) is 1.53. The molecule has 1 fully saturated rings. The van der Waals surface area contributed by atoms with Crippen molar-refractivity contribution in [2.24, 2.45) is 11.7 Å². The standard InChI is InChI=1S/C10H12FN3O2/c11-9-2-1-6(3-13-9)14-10(15)7-4-16-5-8(7)12/h1-3,7-8H,4-5,12H2,(H,14,15). The molecule has 5 nitrogen and oxygen atoms in total. The van der Waals surface area contributed by atoms with E-state index in [1.165, 1.54) is 18.3 Å². The van der Waals surface area contributed by atoms with Gasteiger partial charge in [-0.3, -0.25) is 4.79 Å². The van der Waals surface area contributed by atoms with E-state index < -0.39 is 5.95 Å². The molecule has 1 amide bonds. The summed E-state index contributed by atoms with van der Waals surface area (Å²) < 4.78 is 17.6. The summed E-state index contributed by atoms with van der Waals surface area (Å²) in [7, 11) is 0. The lowest BCUT2D eigenvalue weighted by Crippen LogP contribution is -2.37. The van der Waals surface area contributed by atoms with Crippen LogP contribution in [0.25, 0.3) is 0 Å². The van der Waals surface area contributed by atoms with Crippen molar-refractivity contribution < 1.29 is 13.9 Å². The number of hydrogen-bond donors (Lipinski definition) is 2. The topological polar surface area (TPSA) is 77.2 Å². The quantitative estimate of drug-likeness (QED) is 0.701. The van der Waals surface area contributed by atoms with Crippen molar-refractivity contribution >= 4 is 11.6 Å². The molecule has 86 valence electrons. The molecule has 0 spiro atoms. The predicted molar refractivity (Wildman–Crippen MR) is 55.1 cm³/mol. The molecule has 1 aliphatic heterocycles. The van der Waals surface area contributed by atoms with Gasteiger partial charge in [0.15, 0.2) is 0 Å². The summed E-state index contributed by atoms with van der Waals surface area (Å²) in [6.07, 6.45) is 1.26. The van der Waals surface area contributed by atoms with Crippen LogP contribution < -0.4 is 11.1 Å². The Labute approximate surface area is 91.8 Å². The molecule has 1 aromatic rings. The number of amides is 1. The van der Waals surface area contributed by atoms with E-state index in [0.29, 0.717) is 18.9 Å². The van der Waals surface area contributed by atoms with E-state index in [-0.39, 0.29) is 17.9 Å². The summed E-state index contributed by atoms with van der Waals surface area (Å²) in [6, 6.07) is 2.34. The maximum Gasteiger partial charge on any atom is 0.231 e. The van der Waals surface area contributed by atoms with Crippen LogP contribution in [0.4, 0.5) is 10.1 Å². The average Bonchev–Trinajstić information content (AvgIpc) is 2.68. The minimum atomic E-state index is -0.584. The van der Waals surface area contributed by atoms with E-state index in [9.17, 15) is 9.18 Å². The lowest BCUT2D eigenvalue weighted by Gasteiger charge is -2.12. The largest absolute Gasteiger partial charge is 0.379 e. The number of nitrogens with one attached hydrogen (secondary N) is 1. The molecule has 6 heteroatoms. The molecule has 1 aromatic heterocycles. The maximum absolute atomic E-state index is 12.5. The van der Waals surface area contributed by atoms with E-state index in [2.05, 4.69) is 10.3 Å². The van der Waals surface area contributed by atoms with E-state index in [1.54, 1.807) is 0 Å². The van der Waals surface area contributed by atoms with Crippen molar-refractivity contribution in [1.82, 2.24) is 4.98 Å². The summed E-state index contributed by atoms with van der Waals surface area (Å²) in [5.74, 6) is -1.16. The summed E-state index contributed by atoms with van der Waals surface area (Å²) in [6.45, 7) is 0.710. The molecular formula is C10H12FN3O2. The number of halogens is 1. The first kappa shape index (κ1) is 11.0. The summed E-state index contributed by atoms with van der Waals surface area (Å²) in [4.78, 5) is 15.2. The molecule has 2 atom stereocenters. The number of carbonyl (C=O) groups excluding carboxylic acids is 1. The number of hydrogen-bond acceptors (Lipinski definition) is 4. The van der Waals surface area contributed by atoms with Gasteiger partial charge in [0, 0.05) is 6.04 Å². The number of carbonyl (C=O) groups is 1. The Morgan fingerprint density at radius 1 is 1.56 bits per heavy atom. The minimum Gasteiger partial charge on any atom is -0.379 e. The summed E-state index contributed by atoms with van der Waals surface area (Å²) in [5, 5.41) is 2.61. The van der Waals surface area contributed by atoms with Crippen molar-refractivity contribution in [1.29, 1.82) is 0 Å². The molecule has 1 saturated heterocycles. The van der Waals surface area contributed by atoms with E-state index >= 15 is 0 Å². The van der Waals surface area contributed by atoms with Crippen molar-refractivity contribution in [2.75, 3.05) is 18.5 Å². The van der Waals surface area contributed by atoms with Gasteiger partial charge in [-0.1, -0.05) is 0 Å². The zero-order valence-corrected chi connectivity index (χ0v) is 8.52. The van der Waals surface area contributed by atoms with Gasteiger partial charge in [-0.2, -0.15) is 4.39 Å². The lowest BCUT2D eigenvalue weighted by atomic mass is 10.0. The minimum absolute atomic E-state index is 0.224. The Hall–Kier alpha value is -1.53. The van der Waals surface area contributed by atoms with Gasteiger partial charge in [-0.05, 0) is 12.1 Å². The fourth-order valence-corrected chi connectivity index (χ4v) is 1.53. The molecular weight excluding hydrogens is 213 g/mol. The Bertz CT molecular complexity index is 382. The van der Waals surface area contributed by atoms with Crippen molar-refractivity contribution in [3.8, 4) is 0 Å². The molecule has 2 unspecified atom stereocenters. The monoisotopic (exact) mass is 225 g/mol. The smallest absolute Gasteiger partial charge is 0.231 e. The number of anilines is 1. The third-order valence-corrected chi connectivity index (χ3v) is 2.46. The summed E-state index contributed by atoms with van der Waals surface area (Å²) in [5.41, 5.74) is 6.15. The molecule has 0 saturated carbocycles. The second-order valence-electron chi connectivity index (χ2n) is 3.67. The van der Waals surface area contributed by atoms with E-state index in [0.717, 1.165) is 0 Å². The van der Waals surface area contributed by atoms with Gasteiger partial charge >= 0.3 is 0 Å².